The van der Waals surface area contributed by atoms with Gasteiger partial charge in [-0.25, -0.2) is 14.2 Å². The largest absolute Gasteiger partial charge is 0.497 e. The van der Waals surface area contributed by atoms with Crippen molar-refractivity contribution in [3.05, 3.63) is 70.3 Å². The summed E-state index contributed by atoms with van der Waals surface area (Å²) in [5, 5.41) is 3.03. The summed E-state index contributed by atoms with van der Waals surface area (Å²) in [6, 6.07) is 12.0. The molecule has 0 aliphatic carbocycles. The van der Waals surface area contributed by atoms with Crippen molar-refractivity contribution in [3.8, 4) is 5.75 Å². The van der Waals surface area contributed by atoms with Gasteiger partial charge in [-0.2, -0.15) is 9.66 Å². The maximum absolute atomic E-state index is 13.1. The Morgan fingerprint density at radius 1 is 1.24 bits per heavy atom. The van der Waals surface area contributed by atoms with Gasteiger partial charge in [0.05, 0.1) is 7.11 Å². The number of ether oxygens (including phenoxy) is 1. The number of nitrogens with zero attached hydrogens (tertiary/aromatic N) is 3. The number of hydrogen-bond donors (Lipinski definition) is 2. The molecule has 0 aliphatic heterocycles. The lowest BCUT2D eigenvalue weighted by atomic mass is 10.2. The van der Waals surface area contributed by atoms with Crippen molar-refractivity contribution in [2.75, 3.05) is 17.9 Å². The minimum atomic E-state index is -0.621. The molecule has 0 fully saturated rings. The highest BCUT2D eigenvalue weighted by Gasteiger charge is 2.12. The van der Waals surface area contributed by atoms with E-state index < -0.39 is 12.4 Å². The highest BCUT2D eigenvalue weighted by molar-refractivity contribution is 5.73. The van der Waals surface area contributed by atoms with E-state index in [1.165, 1.54) is 11.8 Å². The van der Waals surface area contributed by atoms with Crippen molar-refractivity contribution in [2.45, 2.75) is 13.6 Å². The summed E-state index contributed by atoms with van der Waals surface area (Å²) in [5.41, 5.74) is 5.79. The molecule has 2 aromatic heterocycles. The van der Waals surface area contributed by atoms with Crippen molar-refractivity contribution < 1.29 is 13.5 Å². The van der Waals surface area contributed by atoms with E-state index in [0.29, 0.717) is 33.9 Å². The predicted molar refractivity (Wildman–Crippen MR) is 107 cm³/mol. The zero-order chi connectivity index (χ0) is 20.4. The molecule has 0 spiro atoms. The third-order valence-electron chi connectivity index (χ3n) is 4.29. The molecule has 0 bridgehead atoms. The minimum Gasteiger partial charge on any atom is -0.497 e. The minimum absolute atomic E-state index is 0.275. The summed E-state index contributed by atoms with van der Waals surface area (Å²) < 4.78 is 24.8. The van der Waals surface area contributed by atoms with Crippen LogP contribution < -0.4 is 21.2 Å². The second kappa shape index (κ2) is 7.63. The first-order valence-corrected chi connectivity index (χ1v) is 8.79. The molecular formula is C20H18FN5O3. The van der Waals surface area contributed by atoms with Gasteiger partial charge in [0.2, 0.25) is 5.95 Å². The van der Waals surface area contributed by atoms with Crippen LogP contribution in [0.3, 0.4) is 0 Å². The van der Waals surface area contributed by atoms with Crippen molar-refractivity contribution >= 4 is 28.6 Å². The zero-order valence-corrected chi connectivity index (χ0v) is 15.8. The first-order chi connectivity index (χ1) is 14.1. The van der Waals surface area contributed by atoms with Crippen LogP contribution in [0.2, 0.25) is 0 Å². The van der Waals surface area contributed by atoms with Gasteiger partial charge in [0.15, 0.2) is 11.4 Å². The molecule has 0 amide bonds. The number of anilines is 3. The van der Waals surface area contributed by atoms with E-state index in [0.717, 1.165) is 5.56 Å². The molecule has 9 heteroatoms. The van der Waals surface area contributed by atoms with Crippen LogP contribution in [0.5, 0.6) is 5.75 Å². The first kappa shape index (κ1) is 18.5. The van der Waals surface area contributed by atoms with Crippen molar-refractivity contribution in [1.82, 2.24) is 14.6 Å². The Bertz CT molecular complexity index is 1210. The SMILES string of the molecule is COc1cc(CF)cc(Nc2ncc(C)c(Nn3c(=O)oc4ccccc43)n2)c1. The van der Waals surface area contributed by atoms with Crippen molar-refractivity contribution in [3.63, 3.8) is 0 Å². The van der Waals surface area contributed by atoms with E-state index in [2.05, 4.69) is 20.7 Å². The number of aromatic nitrogens is 3. The number of benzene rings is 2. The predicted octanol–water partition coefficient (Wildman–Crippen LogP) is 3.79. The Balaban J connectivity index is 1.66. The monoisotopic (exact) mass is 395 g/mol. The van der Waals surface area contributed by atoms with Crippen LogP contribution in [0.1, 0.15) is 11.1 Å². The topological polar surface area (TPSA) is 94.2 Å². The Labute approximate surface area is 164 Å². The molecule has 4 aromatic rings. The van der Waals surface area contributed by atoms with Gasteiger partial charge in [0, 0.05) is 23.5 Å². The average molecular weight is 395 g/mol. The van der Waals surface area contributed by atoms with Gasteiger partial charge in [-0.1, -0.05) is 12.1 Å². The van der Waals surface area contributed by atoms with Crippen molar-refractivity contribution in [2.24, 2.45) is 0 Å². The summed E-state index contributed by atoms with van der Waals surface area (Å²) in [5.74, 6) is 0.658. The maximum Gasteiger partial charge on any atom is 0.439 e. The van der Waals surface area contributed by atoms with Crippen LogP contribution in [0.25, 0.3) is 11.1 Å². The van der Waals surface area contributed by atoms with Gasteiger partial charge >= 0.3 is 5.76 Å². The fraction of sp³-hybridized carbons (Fsp3) is 0.150. The molecule has 0 saturated carbocycles. The Morgan fingerprint density at radius 2 is 2.07 bits per heavy atom. The van der Waals surface area contributed by atoms with Crippen molar-refractivity contribution in [1.29, 1.82) is 0 Å². The number of para-hydroxylation sites is 2. The van der Waals surface area contributed by atoms with E-state index in [-0.39, 0.29) is 5.95 Å². The van der Waals surface area contributed by atoms with Crippen LogP contribution in [-0.2, 0) is 6.67 Å². The lowest BCUT2D eigenvalue weighted by Gasteiger charge is -2.12. The summed E-state index contributed by atoms with van der Waals surface area (Å²) in [6.45, 7) is 1.19. The second-order valence-corrected chi connectivity index (χ2v) is 6.34. The average Bonchev–Trinajstić information content (AvgIpc) is 3.05. The number of methoxy groups -OCH3 is 1. The molecule has 0 unspecified atom stereocenters. The number of fused-ring (bicyclic) bond motifs is 1. The number of hydrogen-bond acceptors (Lipinski definition) is 7. The number of oxazole rings is 1. The first-order valence-electron chi connectivity index (χ1n) is 8.79. The summed E-state index contributed by atoms with van der Waals surface area (Å²) in [4.78, 5) is 20.9. The standard InChI is InChI=1S/C20H18FN5O3/c1-12-11-22-19(23-14-7-13(10-21)8-15(9-14)28-2)24-18(12)25-26-16-5-3-4-6-17(16)29-20(26)27/h3-9,11H,10H2,1-2H3,(H2,22,23,24,25). The Hall–Kier alpha value is -3.88. The van der Waals surface area contributed by atoms with Crippen LogP contribution >= 0.6 is 0 Å². The van der Waals surface area contributed by atoms with E-state index in [1.807, 2.05) is 6.92 Å². The number of nitrogens with one attached hydrogen (secondary N) is 2. The Morgan fingerprint density at radius 3 is 2.86 bits per heavy atom. The van der Waals surface area contributed by atoms with Gasteiger partial charge < -0.3 is 14.5 Å². The van der Waals surface area contributed by atoms with Crippen LogP contribution in [0.15, 0.2) is 57.9 Å². The zero-order valence-electron chi connectivity index (χ0n) is 15.8. The highest BCUT2D eigenvalue weighted by Crippen LogP contribution is 2.24. The molecule has 8 nitrogen and oxygen atoms in total. The molecule has 0 aliphatic rings. The maximum atomic E-state index is 13.1. The number of aryl methyl sites for hydroxylation is 1. The quantitative estimate of drug-likeness (QED) is 0.513. The van der Waals surface area contributed by atoms with E-state index in [4.69, 9.17) is 9.15 Å². The summed E-state index contributed by atoms with van der Waals surface area (Å²) in [7, 11) is 1.51. The number of alkyl halides is 1. The van der Waals surface area contributed by atoms with Gasteiger partial charge in [0.1, 0.15) is 17.9 Å². The Kier molecular flexibility index (Phi) is 4.86. The van der Waals surface area contributed by atoms with Gasteiger partial charge in [0.25, 0.3) is 0 Å². The van der Waals surface area contributed by atoms with Crippen LogP contribution in [0, 0.1) is 6.92 Å². The number of halogens is 1. The highest BCUT2D eigenvalue weighted by atomic mass is 19.1. The fourth-order valence-corrected chi connectivity index (χ4v) is 2.85. The lowest BCUT2D eigenvalue weighted by Crippen LogP contribution is -2.23. The molecule has 0 saturated heterocycles. The third kappa shape index (κ3) is 3.75. The molecule has 148 valence electrons. The molecule has 2 N–H and O–H groups in total. The summed E-state index contributed by atoms with van der Waals surface area (Å²) >= 11 is 0. The fourth-order valence-electron chi connectivity index (χ4n) is 2.85. The third-order valence-corrected chi connectivity index (χ3v) is 4.29. The van der Waals surface area contributed by atoms with Gasteiger partial charge in [-0.15, -0.1) is 0 Å². The summed E-state index contributed by atoms with van der Waals surface area (Å²) in [6.07, 6.45) is 1.61. The molecule has 4 rings (SSSR count). The van der Waals surface area contributed by atoms with E-state index in [1.54, 1.807) is 48.7 Å². The van der Waals surface area contributed by atoms with Crippen LogP contribution in [0.4, 0.5) is 21.8 Å². The molecular weight excluding hydrogens is 377 g/mol. The second-order valence-electron chi connectivity index (χ2n) is 6.34. The molecule has 0 radical (unpaired) electrons. The molecule has 29 heavy (non-hydrogen) atoms. The number of rotatable bonds is 6. The molecule has 0 atom stereocenters. The van der Waals surface area contributed by atoms with E-state index in [9.17, 15) is 9.18 Å². The smallest absolute Gasteiger partial charge is 0.439 e. The van der Waals surface area contributed by atoms with Gasteiger partial charge in [-0.05, 0) is 36.8 Å². The van der Waals surface area contributed by atoms with Gasteiger partial charge in [-0.3, -0.25) is 5.43 Å². The normalized spacial score (nSPS) is 10.9. The van der Waals surface area contributed by atoms with Crippen LogP contribution in [-0.4, -0.2) is 21.8 Å². The van der Waals surface area contributed by atoms with E-state index >= 15 is 0 Å². The lowest BCUT2D eigenvalue weighted by molar-refractivity contribution is 0.412. The molecule has 2 heterocycles. The molecule has 2 aromatic carbocycles.